The van der Waals surface area contributed by atoms with E-state index in [2.05, 4.69) is 27.1 Å². The molecule has 2 aromatic heterocycles. The van der Waals surface area contributed by atoms with E-state index in [1.54, 1.807) is 12.1 Å². The summed E-state index contributed by atoms with van der Waals surface area (Å²) in [4.78, 5) is 18.1. The summed E-state index contributed by atoms with van der Waals surface area (Å²) >= 11 is 12.7. The fourth-order valence-electron chi connectivity index (χ4n) is 3.19. The van der Waals surface area contributed by atoms with Gasteiger partial charge in [0, 0.05) is 11.6 Å². The van der Waals surface area contributed by atoms with Crippen LogP contribution in [0.5, 0.6) is 5.75 Å². The van der Waals surface area contributed by atoms with Crippen LogP contribution in [0.3, 0.4) is 0 Å². The largest absolute Gasteiger partial charge is 0.492 e. The monoisotopic (exact) mass is 447 g/mol. The van der Waals surface area contributed by atoms with Gasteiger partial charge in [-0.3, -0.25) is 14.5 Å². The van der Waals surface area contributed by atoms with Crippen LogP contribution in [0.2, 0.25) is 5.02 Å². The van der Waals surface area contributed by atoms with Crippen molar-refractivity contribution in [3.63, 3.8) is 0 Å². The maximum atomic E-state index is 12.8. The van der Waals surface area contributed by atoms with Gasteiger partial charge in [0.2, 0.25) is 5.91 Å². The molecule has 0 bridgehead atoms. The van der Waals surface area contributed by atoms with Gasteiger partial charge in [-0.2, -0.15) is 5.10 Å². The van der Waals surface area contributed by atoms with E-state index < -0.39 is 0 Å². The number of nitrogens with one attached hydrogen (secondary N) is 2. The molecule has 1 aliphatic heterocycles. The molecule has 1 aliphatic rings. The Bertz CT molecular complexity index is 1150. The van der Waals surface area contributed by atoms with Gasteiger partial charge in [-0.25, -0.2) is 4.98 Å². The zero-order chi connectivity index (χ0) is 20.5. The topological polar surface area (TPSA) is 84.8 Å². The molecule has 0 radical (unpaired) electrons. The number of anilines is 1. The summed E-state index contributed by atoms with van der Waals surface area (Å²) in [5, 5.41) is 11.1. The number of hydrogen-bond donors (Lipinski definition) is 2. The van der Waals surface area contributed by atoms with E-state index in [4.69, 9.17) is 28.6 Å². The number of halogens is 1. The molecular weight excluding hydrogens is 430 g/mol. The van der Waals surface area contributed by atoms with Crippen LogP contribution in [0.1, 0.15) is 11.3 Å². The Morgan fingerprint density at radius 2 is 2.41 bits per heavy atom. The first-order valence-corrected chi connectivity index (χ1v) is 10.5. The van der Waals surface area contributed by atoms with Crippen LogP contribution in [0.15, 0.2) is 30.9 Å². The second-order valence-corrected chi connectivity index (χ2v) is 8.46. The van der Waals surface area contributed by atoms with E-state index in [1.165, 1.54) is 11.3 Å². The molecular formula is C19H18ClN5O2S2. The lowest BCUT2D eigenvalue weighted by atomic mass is 9.96. The van der Waals surface area contributed by atoms with Gasteiger partial charge in [-0.05, 0) is 49.3 Å². The van der Waals surface area contributed by atoms with Crippen LogP contribution < -0.4 is 10.1 Å². The minimum Gasteiger partial charge on any atom is -0.492 e. The van der Waals surface area contributed by atoms with Crippen molar-refractivity contribution in [2.75, 3.05) is 11.9 Å². The predicted octanol–water partition coefficient (Wildman–Crippen LogP) is 4.40. The number of allylic oxidation sites excluding steroid dienone is 1. The molecule has 7 nitrogen and oxygen atoms in total. The molecule has 3 heterocycles. The lowest BCUT2D eigenvalue weighted by Crippen LogP contribution is -2.32. The summed E-state index contributed by atoms with van der Waals surface area (Å²) in [6, 6.07) is 5.45. The minimum atomic E-state index is -0.316. The van der Waals surface area contributed by atoms with E-state index in [0.717, 1.165) is 21.9 Å². The zero-order valence-corrected chi connectivity index (χ0v) is 18.0. The number of nitrogens with zero attached hydrogens (tertiary/aromatic N) is 3. The third kappa shape index (κ3) is 3.98. The highest BCUT2D eigenvalue weighted by Gasteiger charge is 2.27. The van der Waals surface area contributed by atoms with Gasteiger partial charge in [-0.1, -0.05) is 29.0 Å². The molecule has 2 N–H and O–H groups in total. The number of thiazole rings is 1. The van der Waals surface area contributed by atoms with Gasteiger partial charge in [-0.15, -0.1) is 6.58 Å². The third-order valence-corrected chi connectivity index (χ3v) is 6.21. The summed E-state index contributed by atoms with van der Waals surface area (Å²) < 4.78 is 8.07. The van der Waals surface area contributed by atoms with Crippen molar-refractivity contribution in [3.8, 4) is 16.5 Å². The lowest BCUT2D eigenvalue weighted by molar-refractivity contribution is -0.121. The summed E-state index contributed by atoms with van der Waals surface area (Å²) in [5.74, 6) is 0.996. The lowest BCUT2D eigenvalue weighted by Gasteiger charge is -2.24. The van der Waals surface area contributed by atoms with Gasteiger partial charge in [0.15, 0.2) is 15.7 Å². The number of rotatable bonds is 5. The average Bonchev–Trinajstić information content (AvgIpc) is 3.23. The number of ether oxygens (including phenoxy) is 1. The number of hydrogen-bond acceptors (Lipinski definition) is 6. The molecule has 0 fully saturated rings. The molecule has 10 heteroatoms. The average molecular weight is 448 g/mol. The van der Waals surface area contributed by atoms with Crippen LogP contribution in [0.25, 0.3) is 10.7 Å². The van der Waals surface area contributed by atoms with Crippen molar-refractivity contribution < 1.29 is 9.53 Å². The van der Waals surface area contributed by atoms with Gasteiger partial charge in [0.25, 0.3) is 0 Å². The molecule has 0 saturated heterocycles. The van der Waals surface area contributed by atoms with E-state index in [-0.39, 0.29) is 11.8 Å². The zero-order valence-electron chi connectivity index (χ0n) is 15.6. The first kappa shape index (κ1) is 19.8. The Labute approximate surface area is 181 Å². The summed E-state index contributed by atoms with van der Waals surface area (Å²) in [5.41, 5.74) is 1.70. The summed E-state index contributed by atoms with van der Waals surface area (Å²) in [7, 11) is 0. The standard InChI is InChI=1S/C19H18ClN5O2S2/c1-3-6-25-16(23-24-19(25)28)15-10(2)21-18(29-15)22-17(26)12-7-11-8-13(20)4-5-14(11)27-9-12/h3-5,8,12H,1,6-7,9H2,2H3,(H,24,28)(H,21,22,26). The quantitative estimate of drug-likeness (QED) is 0.447. The molecule has 29 heavy (non-hydrogen) atoms. The number of carbonyl (C=O) groups excluding carboxylic acids is 1. The van der Waals surface area contributed by atoms with Crippen molar-refractivity contribution in [1.82, 2.24) is 19.7 Å². The number of fused-ring (bicyclic) bond motifs is 1. The molecule has 0 aliphatic carbocycles. The van der Waals surface area contributed by atoms with Crippen LogP contribution in [-0.4, -0.2) is 32.3 Å². The van der Waals surface area contributed by atoms with E-state index in [9.17, 15) is 4.79 Å². The van der Waals surface area contributed by atoms with Crippen molar-refractivity contribution in [2.24, 2.45) is 5.92 Å². The third-order valence-electron chi connectivity index (χ3n) is 4.60. The molecule has 1 atom stereocenters. The van der Waals surface area contributed by atoms with Crippen LogP contribution >= 0.6 is 35.2 Å². The Morgan fingerprint density at radius 1 is 1.59 bits per heavy atom. The Hall–Kier alpha value is -2.49. The van der Waals surface area contributed by atoms with E-state index in [0.29, 0.717) is 40.3 Å². The highest BCUT2D eigenvalue weighted by atomic mass is 35.5. The number of benzene rings is 1. The Kier molecular flexibility index (Phi) is 5.53. The maximum Gasteiger partial charge on any atom is 0.233 e. The first-order valence-electron chi connectivity index (χ1n) is 8.92. The van der Waals surface area contributed by atoms with Gasteiger partial charge < -0.3 is 10.1 Å². The van der Waals surface area contributed by atoms with Crippen molar-refractivity contribution >= 4 is 46.2 Å². The predicted molar refractivity (Wildman–Crippen MR) is 116 cm³/mol. The molecule has 0 spiro atoms. The van der Waals surface area contributed by atoms with Gasteiger partial charge in [0.05, 0.1) is 16.5 Å². The Balaban J connectivity index is 1.52. The normalized spacial score (nSPS) is 15.4. The summed E-state index contributed by atoms with van der Waals surface area (Å²) in [6.07, 6.45) is 2.32. The molecule has 1 amide bonds. The van der Waals surface area contributed by atoms with E-state index >= 15 is 0 Å². The number of aromatic nitrogens is 4. The van der Waals surface area contributed by atoms with Crippen molar-refractivity contribution in [1.29, 1.82) is 0 Å². The number of aryl methyl sites for hydroxylation is 1. The molecule has 1 aromatic carbocycles. The van der Waals surface area contributed by atoms with Gasteiger partial charge >= 0.3 is 0 Å². The SMILES string of the molecule is C=CCn1c(-c2sc(NC(=O)C3COc4ccc(Cl)cc4C3)nc2C)n[nH]c1=S. The fraction of sp³-hybridized carbons (Fsp3) is 0.263. The molecule has 3 aromatic rings. The second kappa shape index (κ2) is 8.10. The molecule has 1 unspecified atom stereocenters. The van der Waals surface area contributed by atoms with Crippen LogP contribution in [0.4, 0.5) is 5.13 Å². The van der Waals surface area contributed by atoms with Gasteiger partial charge in [0.1, 0.15) is 12.4 Å². The first-order chi connectivity index (χ1) is 14.0. The fourth-order valence-corrected chi connectivity index (χ4v) is 4.56. The number of aromatic amines is 1. The smallest absolute Gasteiger partial charge is 0.233 e. The summed E-state index contributed by atoms with van der Waals surface area (Å²) in [6.45, 7) is 6.48. The van der Waals surface area contributed by atoms with Crippen LogP contribution in [-0.2, 0) is 17.8 Å². The minimum absolute atomic E-state index is 0.138. The maximum absolute atomic E-state index is 12.8. The number of H-pyrrole nitrogens is 1. The van der Waals surface area contributed by atoms with E-state index in [1.807, 2.05) is 23.6 Å². The molecule has 0 saturated carbocycles. The molecule has 150 valence electrons. The van der Waals surface area contributed by atoms with Crippen molar-refractivity contribution in [2.45, 2.75) is 19.9 Å². The van der Waals surface area contributed by atoms with Crippen LogP contribution in [0, 0.1) is 17.6 Å². The number of amides is 1. The molecule has 4 rings (SSSR count). The Morgan fingerprint density at radius 3 is 3.21 bits per heavy atom. The highest BCUT2D eigenvalue weighted by Crippen LogP contribution is 2.33. The van der Waals surface area contributed by atoms with Crippen molar-refractivity contribution in [3.05, 3.63) is 51.9 Å². The number of carbonyl (C=O) groups is 1. The second-order valence-electron chi connectivity index (χ2n) is 6.64. The highest BCUT2D eigenvalue weighted by molar-refractivity contribution is 7.71.